The molecule has 0 unspecified atom stereocenters. The monoisotopic (exact) mass is 485 g/mol. The minimum Gasteiger partial charge on any atom is -0.447 e. The summed E-state index contributed by atoms with van der Waals surface area (Å²) in [5.41, 5.74) is 0.578. The number of fused-ring (bicyclic) bond motifs is 1. The van der Waals surface area contributed by atoms with E-state index in [-0.39, 0.29) is 35.3 Å². The summed E-state index contributed by atoms with van der Waals surface area (Å²) in [5.74, 6) is 0.0300. The van der Waals surface area contributed by atoms with Gasteiger partial charge in [-0.15, -0.1) is 11.3 Å². The number of halogens is 4. The lowest BCUT2D eigenvalue weighted by molar-refractivity contribution is -0.126. The quantitative estimate of drug-likeness (QED) is 0.471. The average molecular weight is 485 g/mol. The second-order valence-corrected chi connectivity index (χ2v) is 8.92. The highest BCUT2D eigenvalue weighted by atomic mass is 32.1. The molecular weight excluding hydrogens is 466 g/mol. The second kappa shape index (κ2) is 8.45. The lowest BCUT2D eigenvalue weighted by atomic mass is 10.0. The Hall–Kier alpha value is -2.93. The van der Waals surface area contributed by atoms with Gasteiger partial charge in [0.15, 0.2) is 0 Å². The van der Waals surface area contributed by atoms with Gasteiger partial charge >= 0.3 is 12.3 Å². The van der Waals surface area contributed by atoms with Crippen LogP contribution in [0.2, 0.25) is 0 Å². The largest absolute Gasteiger partial charge is 0.447 e. The zero-order valence-electron chi connectivity index (χ0n) is 17.0. The minimum atomic E-state index is -4.47. The van der Waals surface area contributed by atoms with Crippen LogP contribution in [-0.4, -0.2) is 54.3 Å². The molecular formula is C20H19F4N5O3S. The number of hydrogen-bond donors (Lipinski definition) is 3. The number of ether oxygens (including phenoxy) is 1. The summed E-state index contributed by atoms with van der Waals surface area (Å²) in [5, 5.41) is 12.9. The smallest absolute Gasteiger partial charge is 0.407 e. The summed E-state index contributed by atoms with van der Waals surface area (Å²) in [7, 11) is 0. The first-order valence-electron chi connectivity index (χ1n) is 10.3. The number of benzene rings is 1. The molecule has 13 heteroatoms. The van der Waals surface area contributed by atoms with Crippen LogP contribution in [0.15, 0.2) is 22.7 Å². The normalized spacial score (nSPS) is 23.5. The Bertz CT molecular complexity index is 1180. The van der Waals surface area contributed by atoms with Gasteiger partial charge in [0.05, 0.1) is 27.7 Å². The molecule has 33 heavy (non-hydrogen) atoms. The molecule has 5 rings (SSSR count). The van der Waals surface area contributed by atoms with Gasteiger partial charge in [-0.2, -0.15) is 18.2 Å². The number of cyclic esters (lactones) is 1. The van der Waals surface area contributed by atoms with Crippen LogP contribution >= 0.6 is 11.3 Å². The molecule has 8 nitrogen and oxygen atoms in total. The fourth-order valence-corrected chi connectivity index (χ4v) is 5.23. The first-order valence-corrected chi connectivity index (χ1v) is 11.1. The highest BCUT2D eigenvalue weighted by molar-refractivity contribution is 7.23. The molecule has 0 bridgehead atoms. The second-order valence-electron chi connectivity index (χ2n) is 7.90. The van der Waals surface area contributed by atoms with Gasteiger partial charge in [0.2, 0.25) is 5.82 Å². The van der Waals surface area contributed by atoms with Crippen molar-refractivity contribution in [3.05, 3.63) is 29.7 Å². The van der Waals surface area contributed by atoms with Gasteiger partial charge in [-0.25, -0.2) is 9.18 Å². The summed E-state index contributed by atoms with van der Waals surface area (Å²) >= 11 is 1.09. The van der Waals surface area contributed by atoms with Crippen molar-refractivity contribution < 1.29 is 31.6 Å². The van der Waals surface area contributed by atoms with Crippen LogP contribution in [0, 0.1) is 0 Å². The molecule has 0 spiro atoms. The molecule has 0 saturated carbocycles. The molecule has 3 N–H and O–H groups in total. The zero-order chi connectivity index (χ0) is 23.2. The molecule has 4 heterocycles. The molecule has 2 aromatic heterocycles. The molecule has 3 atom stereocenters. The maximum atomic E-state index is 14.3. The predicted octanol–water partition coefficient (Wildman–Crippen LogP) is 3.95. The number of anilines is 1. The molecule has 2 fully saturated rings. The number of thiophene rings is 1. The van der Waals surface area contributed by atoms with Gasteiger partial charge in [0.25, 0.3) is 5.89 Å². The zero-order valence-corrected chi connectivity index (χ0v) is 17.9. The van der Waals surface area contributed by atoms with Gasteiger partial charge in [-0.1, -0.05) is 17.3 Å². The SMILES string of the molecule is O=C1N[C@@H](c2nc(-c3sc4c(N[C@@H]5CCNC[C@@H]5F)cccc4c3CC(F)(F)F)no2)CO1. The fraction of sp³-hybridized carbons (Fsp3) is 0.450. The van der Waals surface area contributed by atoms with Crippen molar-refractivity contribution in [3.8, 4) is 10.7 Å². The van der Waals surface area contributed by atoms with Crippen LogP contribution in [0.1, 0.15) is 23.9 Å². The molecule has 0 aliphatic carbocycles. The number of piperidine rings is 1. The Labute approximate surface area is 188 Å². The van der Waals surface area contributed by atoms with Crippen molar-refractivity contribution in [2.45, 2.75) is 37.3 Å². The number of rotatable bonds is 5. The first kappa shape index (κ1) is 21.9. The van der Waals surface area contributed by atoms with Crippen LogP contribution in [0.4, 0.5) is 28.0 Å². The van der Waals surface area contributed by atoms with E-state index in [1.165, 1.54) is 0 Å². The molecule has 2 saturated heterocycles. The summed E-state index contributed by atoms with van der Waals surface area (Å²) in [6, 6.07) is 3.85. The van der Waals surface area contributed by atoms with E-state index in [0.29, 0.717) is 28.7 Å². The van der Waals surface area contributed by atoms with Crippen molar-refractivity contribution in [2.75, 3.05) is 25.0 Å². The van der Waals surface area contributed by atoms with Crippen molar-refractivity contribution in [1.29, 1.82) is 0 Å². The van der Waals surface area contributed by atoms with E-state index in [4.69, 9.17) is 9.26 Å². The number of carbonyl (C=O) groups excluding carboxylic acids is 1. The standard InChI is InChI=1S/C20H19F4N5O3S/c21-11-7-25-5-4-12(11)26-13-3-1-2-9-10(6-20(22,23)24)16(33-15(9)13)17-28-18(32-29-17)14-8-31-19(30)27-14/h1-3,11-12,14,25-26H,4-8H2,(H,27,30)/t11-,12+,14+/m0/s1. The van der Waals surface area contributed by atoms with E-state index >= 15 is 0 Å². The fourth-order valence-electron chi connectivity index (χ4n) is 4.01. The van der Waals surface area contributed by atoms with Gasteiger partial charge in [-0.3, -0.25) is 0 Å². The maximum Gasteiger partial charge on any atom is 0.407 e. The number of amides is 1. The van der Waals surface area contributed by atoms with Crippen molar-refractivity contribution in [1.82, 2.24) is 20.8 Å². The maximum absolute atomic E-state index is 14.3. The van der Waals surface area contributed by atoms with E-state index in [1.807, 2.05) is 0 Å². The molecule has 2 aliphatic heterocycles. The van der Waals surface area contributed by atoms with Crippen LogP contribution in [0.3, 0.4) is 0 Å². The van der Waals surface area contributed by atoms with Crippen molar-refractivity contribution in [3.63, 3.8) is 0 Å². The highest BCUT2D eigenvalue weighted by Crippen LogP contribution is 2.44. The Balaban J connectivity index is 1.55. The molecule has 1 aromatic carbocycles. The summed E-state index contributed by atoms with van der Waals surface area (Å²) < 4.78 is 65.3. The Morgan fingerprint density at radius 3 is 2.88 bits per heavy atom. The third-order valence-electron chi connectivity index (χ3n) is 5.56. The number of carbonyl (C=O) groups is 1. The molecule has 3 aromatic rings. The number of alkyl halides is 4. The molecule has 0 radical (unpaired) electrons. The number of nitrogens with zero attached hydrogens (tertiary/aromatic N) is 2. The lowest BCUT2D eigenvalue weighted by Gasteiger charge is -2.28. The van der Waals surface area contributed by atoms with E-state index in [2.05, 4.69) is 26.1 Å². The summed E-state index contributed by atoms with van der Waals surface area (Å²) in [6.07, 6.45) is -6.86. The topological polar surface area (TPSA) is 101 Å². The molecule has 1 amide bonds. The van der Waals surface area contributed by atoms with Crippen LogP contribution in [-0.2, 0) is 11.2 Å². The Morgan fingerprint density at radius 2 is 2.15 bits per heavy atom. The third kappa shape index (κ3) is 4.47. The number of aromatic nitrogens is 2. The highest BCUT2D eigenvalue weighted by Gasteiger charge is 2.34. The van der Waals surface area contributed by atoms with Crippen LogP contribution in [0.25, 0.3) is 20.8 Å². The third-order valence-corrected chi connectivity index (χ3v) is 6.84. The lowest BCUT2D eigenvalue weighted by Crippen LogP contribution is -2.45. The van der Waals surface area contributed by atoms with E-state index in [9.17, 15) is 22.4 Å². The van der Waals surface area contributed by atoms with Crippen LogP contribution < -0.4 is 16.0 Å². The van der Waals surface area contributed by atoms with Crippen LogP contribution in [0.5, 0.6) is 0 Å². The summed E-state index contributed by atoms with van der Waals surface area (Å²) in [4.78, 5) is 15.7. The van der Waals surface area contributed by atoms with Gasteiger partial charge in [-0.05, 0) is 30.0 Å². The first-order chi connectivity index (χ1) is 15.8. The number of hydrogen-bond acceptors (Lipinski definition) is 8. The van der Waals surface area contributed by atoms with Crippen molar-refractivity contribution >= 4 is 33.2 Å². The predicted molar refractivity (Wildman–Crippen MR) is 112 cm³/mol. The molecule has 176 valence electrons. The van der Waals surface area contributed by atoms with E-state index in [1.54, 1.807) is 18.2 Å². The van der Waals surface area contributed by atoms with Crippen molar-refractivity contribution in [2.24, 2.45) is 0 Å². The number of alkyl carbamates (subject to hydrolysis) is 1. The summed E-state index contributed by atoms with van der Waals surface area (Å²) in [6.45, 7) is 0.850. The average Bonchev–Trinajstić information content (AvgIpc) is 3.48. The van der Waals surface area contributed by atoms with Gasteiger partial charge in [0, 0.05) is 6.54 Å². The number of nitrogens with one attached hydrogen (secondary N) is 3. The van der Waals surface area contributed by atoms with E-state index < -0.39 is 36.9 Å². The van der Waals surface area contributed by atoms with Gasteiger partial charge in [0.1, 0.15) is 18.8 Å². The molecule has 2 aliphatic rings. The minimum absolute atomic E-state index is 0.0113. The Kier molecular flexibility index (Phi) is 5.60. The van der Waals surface area contributed by atoms with E-state index in [0.717, 1.165) is 11.3 Å². The Morgan fingerprint density at radius 1 is 1.30 bits per heavy atom. The van der Waals surface area contributed by atoms with Gasteiger partial charge < -0.3 is 25.2 Å².